The molecule has 6 nitrogen and oxygen atoms in total. The van der Waals surface area contributed by atoms with Gasteiger partial charge in [0.2, 0.25) is 0 Å². The Bertz CT molecular complexity index is 725. The van der Waals surface area contributed by atoms with Crippen molar-refractivity contribution in [2.75, 3.05) is 26.3 Å². The smallest absolute Gasteiger partial charge is 0.276 e. The molecule has 1 aliphatic rings. The topological polar surface area (TPSA) is 60.2 Å². The minimum atomic E-state index is -0.0878. The molecular formula is C17H21ClN4O2. The van der Waals surface area contributed by atoms with Crippen molar-refractivity contribution < 1.29 is 9.53 Å². The van der Waals surface area contributed by atoms with E-state index < -0.39 is 0 Å². The van der Waals surface area contributed by atoms with E-state index in [9.17, 15) is 4.79 Å². The fourth-order valence-electron chi connectivity index (χ4n) is 2.84. The molecule has 1 unspecified atom stereocenters. The van der Waals surface area contributed by atoms with Gasteiger partial charge in [0.15, 0.2) is 5.69 Å². The molecule has 0 aliphatic carbocycles. The number of halogens is 1. The molecule has 1 amide bonds. The molecule has 1 aromatic heterocycles. The molecule has 2 aromatic rings. The van der Waals surface area contributed by atoms with Gasteiger partial charge in [0.05, 0.1) is 18.0 Å². The van der Waals surface area contributed by atoms with Crippen LogP contribution in [0.4, 0.5) is 0 Å². The second-order valence-corrected chi connectivity index (χ2v) is 6.41. The van der Waals surface area contributed by atoms with Crippen molar-refractivity contribution >= 4 is 17.5 Å². The number of rotatable bonds is 5. The molecule has 1 aromatic carbocycles. The Balaban J connectivity index is 1.81. The SMILES string of the molecule is CCN(CC1CCOC1)C(=O)c1nn(-c2cccc(Cl)c2)nc1C. The van der Waals surface area contributed by atoms with E-state index in [4.69, 9.17) is 16.3 Å². The van der Waals surface area contributed by atoms with Gasteiger partial charge in [-0.05, 0) is 38.5 Å². The number of hydrogen-bond donors (Lipinski definition) is 0. The van der Waals surface area contributed by atoms with E-state index in [-0.39, 0.29) is 5.91 Å². The number of ether oxygens (including phenoxy) is 1. The zero-order chi connectivity index (χ0) is 17.1. The summed E-state index contributed by atoms with van der Waals surface area (Å²) in [5.74, 6) is 0.312. The molecular weight excluding hydrogens is 328 g/mol. The van der Waals surface area contributed by atoms with Crippen molar-refractivity contribution in [3.63, 3.8) is 0 Å². The van der Waals surface area contributed by atoms with Crippen LogP contribution in [0.3, 0.4) is 0 Å². The van der Waals surface area contributed by atoms with Crippen LogP contribution in [0.2, 0.25) is 5.02 Å². The lowest BCUT2D eigenvalue weighted by molar-refractivity contribution is 0.0723. The van der Waals surface area contributed by atoms with Crippen LogP contribution in [0.5, 0.6) is 0 Å². The van der Waals surface area contributed by atoms with Gasteiger partial charge >= 0.3 is 0 Å². The number of hydrogen-bond acceptors (Lipinski definition) is 4. The van der Waals surface area contributed by atoms with Crippen LogP contribution in [0.25, 0.3) is 5.69 Å². The predicted molar refractivity (Wildman–Crippen MR) is 91.6 cm³/mol. The molecule has 3 rings (SSSR count). The average molecular weight is 349 g/mol. The quantitative estimate of drug-likeness (QED) is 0.833. The molecule has 7 heteroatoms. The Labute approximate surface area is 146 Å². The van der Waals surface area contributed by atoms with E-state index in [0.717, 1.165) is 25.3 Å². The molecule has 0 N–H and O–H groups in total. The first-order valence-electron chi connectivity index (χ1n) is 8.15. The molecule has 1 atom stereocenters. The highest BCUT2D eigenvalue weighted by atomic mass is 35.5. The predicted octanol–water partition coefficient (Wildman–Crippen LogP) is 2.73. The van der Waals surface area contributed by atoms with E-state index in [1.54, 1.807) is 19.1 Å². The maximum atomic E-state index is 12.8. The fourth-order valence-corrected chi connectivity index (χ4v) is 3.02. The van der Waals surface area contributed by atoms with Gasteiger partial charge in [-0.2, -0.15) is 9.90 Å². The Morgan fingerprint density at radius 3 is 2.96 bits per heavy atom. The first kappa shape index (κ1) is 16.9. The Hall–Kier alpha value is -1.92. The molecule has 0 bridgehead atoms. The highest BCUT2D eigenvalue weighted by Gasteiger charge is 2.25. The average Bonchev–Trinajstić information content (AvgIpc) is 3.21. The van der Waals surface area contributed by atoms with Crippen molar-refractivity contribution in [2.45, 2.75) is 20.3 Å². The number of benzene rings is 1. The minimum Gasteiger partial charge on any atom is -0.381 e. The van der Waals surface area contributed by atoms with Crippen LogP contribution < -0.4 is 0 Å². The first-order valence-corrected chi connectivity index (χ1v) is 8.53. The number of carbonyl (C=O) groups is 1. The summed E-state index contributed by atoms with van der Waals surface area (Å²) >= 11 is 6.02. The second-order valence-electron chi connectivity index (χ2n) is 5.98. The molecule has 1 saturated heterocycles. The second kappa shape index (κ2) is 7.32. The molecule has 1 fully saturated rings. The third kappa shape index (κ3) is 3.60. The van der Waals surface area contributed by atoms with Crippen LogP contribution in [0.1, 0.15) is 29.5 Å². The van der Waals surface area contributed by atoms with E-state index >= 15 is 0 Å². The summed E-state index contributed by atoms with van der Waals surface area (Å²) in [5.41, 5.74) is 1.73. The molecule has 0 radical (unpaired) electrons. The van der Waals surface area contributed by atoms with Gasteiger partial charge in [0.25, 0.3) is 5.91 Å². The molecule has 0 spiro atoms. The summed E-state index contributed by atoms with van der Waals surface area (Å²) in [5, 5.41) is 9.36. The number of aromatic nitrogens is 3. The van der Waals surface area contributed by atoms with Gasteiger partial charge in [0, 0.05) is 30.6 Å². The normalized spacial score (nSPS) is 17.2. The van der Waals surface area contributed by atoms with Crippen molar-refractivity contribution in [1.82, 2.24) is 19.9 Å². The summed E-state index contributed by atoms with van der Waals surface area (Å²) in [6.45, 7) is 6.61. The molecule has 2 heterocycles. The van der Waals surface area contributed by atoms with E-state index in [2.05, 4.69) is 10.2 Å². The summed E-state index contributed by atoms with van der Waals surface area (Å²) < 4.78 is 5.40. The Morgan fingerprint density at radius 2 is 2.29 bits per heavy atom. The van der Waals surface area contributed by atoms with Crippen molar-refractivity contribution in [3.05, 3.63) is 40.7 Å². The minimum absolute atomic E-state index is 0.0878. The van der Waals surface area contributed by atoms with Crippen LogP contribution in [0.15, 0.2) is 24.3 Å². The van der Waals surface area contributed by atoms with Gasteiger partial charge in [-0.25, -0.2) is 0 Å². The largest absolute Gasteiger partial charge is 0.381 e. The summed E-state index contributed by atoms with van der Waals surface area (Å²) in [6.07, 6.45) is 0.998. The molecule has 24 heavy (non-hydrogen) atoms. The maximum Gasteiger partial charge on any atom is 0.276 e. The lowest BCUT2D eigenvalue weighted by atomic mass is 10.1. The Kier molecular flexibility index (Phi) is 5.16. The zero-order valence-corrected chi connectivity index (χ0v) is 14.7. The van der Waals surface area contributed by atoms with Crippen LogP contribution >= 0.6 is 11.6 Å². The van der Waals surface area contributed by atoms with E-state index in [1.807, 2.05) is 24.0 Å². The third-order valence-corrected chi connectivity index (χ3v) is 4.43. The summed E-state index contributed by atoms with van der Waals surface area (Å²) in [6, 6.07) is 7.24. The van der Waals surface area contributed by atoms with Crippen LogP contribution in [-0.2, 0) is 4.74 Å². The van der Waals surface area contributed by atoms with Gasteiger partial charge in [-0.15, -0.1) is 5.10 Å². The lowest BCUT2D eigenvalue weighted by Crippen LogP contribution is -2.36. The highest BCUT2D eigenvalue weighted by molar-refractivity contribution is 6.30. The first-order chi connectivity index (χ1) is 11.6. The van der Waals surface area contributed by atoms with Crippen LogP contribution in [-0.4, -0.2) is 52.1 Å². The third-order valence-electron chi connectivity index (χ3n) is 4.20. The fraction of sp³-hybridized carbons (Fsp3) is 0.471. The molecule has 1 aliphatic heterocycles. The Morgan fingerprint density at radius 1 is 1.46 bits per heavy atom. The van der Waals surface area contributed by atoms with Crippen molar-refractivity contribution in [2.24, 2.45) is 5.92 Å². The van der Waals surface area contributed by atoms with Crippen LogP contribution in [0, 0.1) is 12.8 Å². The zero-order valence-electron chi connectivity index (χ0n) is 13.9. The van der Waals surface area contributed by atoms with E-state index in [1.165, 1.54) is 4.80 Å². The van der Waals surface area contributed by atoms with Gasteiger partial charge in [0.1, 0.15) is 0 Å². The number of carbonyl (C=O) groups excluding carboxylic acids is 1. The van der Waals surface area contributed by atoms with Crippen molar-refractivity contribution in [1.29, 1.82) is 0 Å². The van der Waals surface area contributed by atoms with E-state index in [0.29, 0.717) is 35.4 Å². The van der Waals surface area contributed by atoms with Gasteiger partial charge < -0.3 is 9.64 Å². The van der Waals surface area contributed by atoms with Gasteiger partial charge in [-0.1, -0.05) is 17.7 Å². The highest BCUT2D eigenvalue weighted by Crippen LogP contribution is 2.18. The summed E-state index contributed by atoms with van der Waals surface area (Å²) in [4.78, 5) is 16.1. The van der Waals surface area contributed by atoms with Crippen molar-refractivity contribution in [3.8, 4) is 5.69 Å². The molecule has 128 valence electrons. The number of aryl methyl sites for hydroxylation is 1. The summed E-state index contributed by atoms with van der Waals surface area (Å²) in [7, 11) is 0. The molecule has 0 saturated carbocycles. The number of amides is 1. The lowest BCUT2D eigenvalue weighted by Gasteiger charge is -2.22. The monoisotopic (exact) mass is 348 g/mol. The van der Waals surface area contributed by atoms with Gasteiger partial charge in [-0.3, -0.25) is 4.79 Å². The maximum absolute atomic E-state index is 12.8. The number of nitrogens with zero attached hydrogens (tertiary/aromatic N) is 4. The standard InChI is InChI=1S/C17H21ClN4O2/c1-3-21(10-13-7-8-24-11-13)17(23)16-12(2)19-22(20-16)15-6-4-5-14(18)9-15/h4-6,9,13H,3,7-8,10-11H2,1-2H3.